The normalized spacial score (nSPS) is 22.1. The molecule has 0 spiro atoms. The van der Waals surface area contributed by atoms with E-state index in [1.54, 1.807) is 25.4 Å². The maximum Gasteiger partial charge on any atom is 0.319 e. The lowest BCUT2D eigenvalue weighted by Crippen LogP contribution is -2.48. The Morgan fingerprint density at radius 3 is 2.73 bits per heavy atom. The quantitative estimate of drug-likeness (QED) is 0.858. The van der Waals surface area contributed by atoms with E-state index in [0.29, 0.717) is 18.1 Å². The first-order valence-corrected chi connectivity index (χ1v) is 7.49. The second-order valence-corrected chi connectivity index (χ2v) is 5.49. The molecule has 1 aliphatic heterocycles. The second-order valence-electron chi connectivity index (χ2n) is 5.49. The summed E-state index contributed by atoms with van der Waals surface area (Å²) in [4.78, 5) is 18.1. The molecule has 0 aliphatic carbocycles. The molecule has 2 heterocycles. The Kier molecular flexibility index (Phi) is 5.97. The Balaban J connectivity index is 1.69. The topological polar surface area (TPSA) is 75.7 Å². The largest absolute Gasteiger partial charge is 0.481 e. The fraction of sp³-hybridized carbons (Fsp3) is 0.600. The maximum absolute atomic E-state index is 11.8. The molecule has 0 bridgehead atoms. The van der Waals surface area contributed by atoms with Gasteiger partial charge in [-0.25, -0.2) is 9.78 Å². The van der Waals surface area contributed by atoms with Gasteiger partial charge in [0.25, 0.3) is 0 Å². The van der Waals surface area contributed by atoms with E-state index in [1.165, 1.54) is 0 Å². The van der Waals surface area contributed by atoms with Gasteiger partial charge in [-0.1, -0.05) is 0 Å². The fourth-order valence-electron chi connectivity index (χ4n) is 2.54. The van der Waals surface area contributed by atoms with E-state index in [2.05, 4.69) is 34.4 Å². The number of rotatable bonds is 5. The molecule has 22 heavy (non-hydrogen) atoms. The zero-order chi connectivity index (χ0) is 15.9. The van der Waals surface area contributed by atoms with Gasteiger partial charge in [-0.05, 0) is 19.9 Å². The molecule has 1 aromatic rings. The lowest BCUT2D eigenvalue weighted by Gasteiger charge is -2.35. The van der Waals surface area contributed by atoms with Crippen LogP contribution in [0.2, 0.25) is 0 Å². The predicted octanol–water partition coefficient (Wildman–Crippen LogP) is 1.32. The summed E-state index contributed by atoms with van der Waals surface area (Å²) in [6, 6.07) is 3.21. The molecule has 2 N–H and O–H groups in total. The Morgan fingerprint density at radius 1 is 1.41 bits per heavy atom. The third kappa shape index (κ3) is 5.16. The number of methoxy groups -OCH3 is 1. The van der Waals surface area contributed by atoms with Crippen molar-refractivity contribution in [1.82, 2.24) is 15.2 Å². The molecular weight excluding hydrogens is 284 g/mol. The van der Waals surface area contributed by atoms with Gasteiger partial charge in [0.2, 0.25) is 5.88 Å². The van der Waals surface area contributed by atoms with E-state index < -0.39 is 0 Å². The van der Waals surface area contributed by atoms with Gasteiger partial charge in [0.15, 0.2) is 0 Å². The number of urea groups is 1. The Morgan fingerprint density at radius 2 is 2.14 bits per heavy atom. The molecule has 2 rings (SSSR count). The van der Waals surface area contributed by atoms with Crippen molar-refractivity contribution in [2.75, 3.05) is 38.6 Å². The number of aromatic nitrogens is 1. The molecule has 0 radical (unpaired) electrons. The average molecular weight is 308 g/mol. The molecule has 7 heteroatoms. The van der Waals surface area contributed by atoms with Crippen LogP contribution in [0.15, 0.2) is 18.3 Å². The first-order chi connectivity index (χ1) is 10.6. The summed E-state index contributed by atoms with van der Waals surface area (Å²) >= 11 is 0. The molecule has 1 fully saturated rings. The number of hydrogen-bond donors (Lipinski definition) is 2. The van der Waals surface area contributed by atoms with E-state index in [9.17, 15) is 4.79 Å². The minimum atomic E-state index is -0.235. The Hall–Kier alpha value is -1.86. The molecule has 2 unspecified atom stereocenters. The van der Waals surface area contributed by atoms with Gasteiger partial charge in [-0.2, -0.15) is 0 Å². The average Bonchev–Trinajstić information content (AvgIpc) is 2.47. The van der Waals surface area contributed by atoms with Gasteiger partial charge in [-0.3, -0.25) is 4.90 Å². The minimum absolute atomic E-state index is 0.235. The summed E-state index contributed by atoms with van der Waals surface area (Å²) in [7, 11) is 1.55. The summed E-state index contributed by atoms with van der Waals surface area (Å²) in [5.74, 6) is 0.515. The van der Waals surface area contributed by atoms with E-state index in [1.807, 2.05) is 0 Å². The SMILES string of the molecule is COc1ccc(NC(=O)NCCN2CC(C)OC(C)C2)cn1. The van der Waals surface area contributed by atoms with Crippen LogP contribution in [0.1, 0.15) is 13.8 Å². The number of hydrogen-bond acceptors (Lipinski definition) is 5. The summed E-state index contributed by atoms with van der Waals surface area (Å²) in [6.07, 6.45) is 2.04. The number of anilines is 1. The monoisotopic (exact) mass is 308 g/mol. The molecular formula is C15H24N4O3. The van der Waals surface area contributed by atoms with Crippen LogP contribution in [0.5, 0.6) is 5.88 Å². The van der Waals surface area contributed by atoms with Crippen molar-refractivity contribution in [2.24, 2.45) is 0 Å². The number of amides is 2. The van der Waals surface area contributed by atoms with Crippen molar-refractivity contribution in [3.05, 3.63) is 18.3 Å². The third-order valence-electron chi connectivity index (χ3n) is 3.41. The predicted molar refractivity (Wildman–Crippen MR) is 84.3 cm³/mol. The van der Waals surface area contributed by atoms with E-state index in [0.717, 1.165) is 19.6 Å². The molecule has 0 aromatic carbocycles. The summed E-state index contributed by atoms with van der Waals surface area (Å²) in [5.41, 5.74) is 0.631. The maximum atomic E-state index is 11.8. The van der Waals surface area contributed by atoms with Crippen molar-refractivity contribution in [1.29, 1.82) is 0 Å². The first kappa shape index (κ1) is 16.5. The number of carbonyl (C=O) groups is 1. The number of nitrogens with one attached hydrogen (secondary N) is 2. The fourth-order valence-corrected chi connectivity index (χ4v) is 2.54. The zero-order valence-corrected chi connectivity index (χ0v) is 13.3. The molecule has 2 atom stereocenters. The second kappa shape index (κ2) is 7.95. The van der Waals surface area contributed by atoms with Crippen LogP contribution >= 0.6 is 0 Å². The number of ether oxygens (including phenoxy) is 2. The van der Waals surface area contributed by atoms with Gasteiger partial charge in [0.05, 0.1) is 31.2 Å². The van der Waals surface area contributed by atoms with Gasteiger partial charge < -0.3 is 20.1 Å². The lowest BCUT2D eigenvalue weighted by molar-refractivity contribution is -0.0672. The molecule has 1 aromatic heterocycles. The Labute approximate surface area is 131 Å². The third-order valence-corrected chi connectivity index (χ3v) is 3.41. The van der Waals surface area contributed by atoms with Gasteiger partial charge in [0, 0.05) is 32.2 Å². The highest BCUT2D eigenvalue weighted by molar-refractivity contribution is 5.88. The van der Waals surface area contributed by atoms with Crippen LogP contribution in [0, 0.1) is 0 Å². The summed E-state index contributed by atoms with van der Waals surface area (Å²) in [6.45, 7) is 7.34. The summed E-state index contributed by atoms with van der Waals surface area (Å²) in [5, 5.41) is 5.58. The van der Waals surface area contributed by atoms with Crippen molar-refractivity contribution < 1.29 is 14.3 Å². The molecule has 1 saturated heterocycles. The van der Waals surface area contributed by atoms with E-state index in [4.69, 9.17) is 9.47 Å². The minimum Gasteiger partial charge on any atom is -0.481 e. The lowest BCUT2D eigenvalue weighted by atomic mass is 10.2. The molecule has 1 aliphatic rings. The molecule has 2 amide bonds. The molecule has 0 saturated carbocycles. The highest BCUT2D eigenvalue weighted by Crippen LogP contribution is 2.11. The number of nitrogens with zero attached hydrogens (tertiary/aromatic N) is 2. The highest BCUT2D eigenvalue weighted by Gasteiger charge is 2.21. The van der Waals surface area contributed by atoms with Gasteiger partial charge in [0.1, 0.15) is 0 Å². The van der Waals surface area contributed by atoms with Crippen LogP contribution in [-0.4, -0.2) is 61.4 Å². The number of pyridine rings is 1. The van der Waals surface area contributed by atoms with E-state index in [-0.39, 0.29) is 18.2 Å². The van der Waals surface area contributed by atoms with Gasteiger partial charge >= 0.3 is 6.03 Å². The van der Waals surface area contributed by atoms with Crippen LogP contribution in [0.3, 0.4) is 0 Å². The molecule has 7 nitrogen and oxygen atoms in total. The first-order valence-electron chi connectivity index (χ1n) is 7.49. The smallest absolute Gasteiger partial charge is 0.319 e. The van der Waals surface area contributed by atoms with E-state index >= 15 is 0 Å². The number of carbonyl (C=O) groups excluding carboxylic acids is 1. The van der Waals surface area contributed by atoms with Crippen molar-refractivity contribution in [2.45, 2.75) is 26.1 Å². The van der Waals surface area contributed by atoms with Crippen LogP contribution in [0.25, 0.3) is 0 Å². The van der Waals surface area contributed by atoms with Gasteiger partial charge in [-0.15, -0.1) is 0 Å². The van der Waals surface area contributed by atoms with Crippen molar-refractivity contribution in [3.8, 4) is 5.88 Å². The van der Waals surface area contributed by atoms with Crippen LogP contribution in [-0.2, 0) is 4.74 Å². The summed E-state index contributed by atoms with van der Waals surface area (Å²) < 4.78 is 10.7. The van der Waals surface area contributed by atoms with Crippen molar-refractivity contribution in [3.63, 3.8) is 0 Å². The van der Waals surface area contributed by atoms with Crippen LogP contribution in [0.4, 0.5) is 10.5 Å². The standard InChI is InChI=1S/C15H24N4O3/c1-11-9-19(10-12(2)22-11)7-6-16-15(20)18-13-4-5-14(21-3)17-8-13/h4-5,8,11-12H,6-7,9-10H2,1-3H3,(H2,16,18,20). The zero-order valence-electron chi connectivity index (χ0n) is 13.3. The number of morpholine rings is 1. The Bertz CT molecular complexity index is 470. The van der Waals surface area contributed by atoms with Crippen LogP contribution < -0.4 is 15.4 Å². The molecule has 122 valence electrons. The highest BCUT2D eigenvalue weighted by atomic mass is 16.5. The van der Waals surface area contributed by atoms with Crippen molar-refractivity contribution >= 4 is 11.7 Å².